The first-order chi connectivity index (χ1) is 10.0. The van der Waals surface area contributed by atoms with E-state index in [4.69, 9.17) is 10.5 Å². The maximum Gasteiger partial charge on any atom is 0.307 e. The summed E-state index contributed by atoms with van der Waals surface area (Å²) >= 11 is 1.56. The van der Waals surface area contributed by atoms with Crippen molar-refractivity contribution in [1.29, 1.82) is 0 Å². The van der Waals surface area contributed by atoms with Crippen LogP contribution in [0.3, 0.4) is 0 Å². The Hall–Kier alpha value is -1.72. The van der Waals surface area contributed by atoms with Gasteiger partial charge in [-0.2, -0.15) is 0 Å². The molecule has 2 rings (SSSR count). The molecule has 0 amide bonds. The second-order valence-electron chi connectivity index (χ2n) is 4.96. The first-order valence-electron chi connectivity index (χ1n) is 6.96. The summed E-state index contributed by atoms with van der Waals surface area (Å²) in [6.07, 6.45) is 0.157. The van der Waals surface area contributed by atoms with Gasteiger partial charge in [0.15, 0.2) is 0 Å². The summed E-state index contributed by atoms with van der Waals surface area (Å²) in [5.41, 5.74) is 10.3. The molecule has 0 aliphatic heterocycles. The lowest BCUT2D eigenvalue weighted by atomic mass is 10.0. The maximum atomic E-state index is 11.5. The number of hydrogen-bond donors (Lipinski definition) is 1. The normalized spacial score (nSPS) is 12.2. The molecule has 1 atom stereocenters. The maximum absolute atomic E-state index is 11.5. The monoisotopic (exact) mass is 304 g/mol. The molecule has 0 unspecified atom stereocenters. The number of aromatic nitrogens is 1. The van der Waals surface area contributed by atoms with E-state index in [2.05, 4.69) is 31.0 Å². The number of aryl methyl sites for hydroxylation is 2. The Morgan fingerprint density at radius 1 is 1.38 bits per heavy atom. The standard InChI is InChI=1S/C16H20N2O2S/c1-4-20-14(19)8-12(17)13-9-21-16(18-13)15-10(2)6-5-7-11(15)3/h5-7,9,12H,4,8,17H2,1-3H3/t12-/m1/s1. The molecule has 0 bridgehead atoms. The van der Waals surface area contributed by atoms with Gasteiger partial charge in [-0.3, -0.25) is 4.79 Å². The fourth-order valence-corrected chi connectivity index (χ4v) is 3.28. The molecule has 1 aromatic carbocycles. The van der Waals surface area contributed by atoms with Crippen molar-refractivity contribution in [2.24, 2.45) is 5.73 Å². The van der Waals surface area contributed by atoms with Crippen LogP contribution in [0.1, 0.15) is 36.2 Å². The van der Waals surface area contributed by atoms with E-state index in [1.165, 1.54) is 11.1 Å². The molecule has 4 nitrogen and oxygen atoms in total. The Morgan fingerprint density at radius 3 is 2.67 bits per heavy atom. The van der Waals surface area contributed by atoms with Crippen LogP contribution in [-0.2, 0) is 9.53 Å². The molecule has 1 heterocycles. The number of ether oxygens (including phenoxy) is 1. The van der Waals surface area contributed by atoms with E-state index in [1.807, 2.05) is 11.4 Å². The first-order valence-corrected chi connectivity index (χ1v) is 7.84. The molecule has 0 radical (unpaired) electrons. The summed E-state index contributed by atoms with van der Waals surface area (Å²) in [5, 5.41) is 2.87. The van der Waals surface area contributed by atoms with Crippen molar-refractivity contribution in [1.82, 2.24) is 4.98 Å². The molecular weight excluding hydrogens is 284 g/mol. The van der Waals surface area contributed by atoms with Gasteiger partial charge in [0.25, 0.3) is 0 Å². The molecule has 0 aliphatic rings. The zero-order chi connectivity index (χ0) is 15.4. The minimum Gasteiger partial charge on any atom is -0.466 e. The highest BCUT2D eigenvalue weighted by molar-refractivity contribution is 7.13. The van der Waals surface area contributed by atoms with E-state index in [0.29, 0.717) is 6.61 Å². The second-order valence-corrected chi connectivity index (χ2v) is 5.82. The van der Waals surface area contributed by atoms with Gasteiger partial charge in [-0.15, -0.1) is 11.3 Å². The molecule has 0 saturated carbocycles. The average Bonchev–Trinajstić information content (AvgIpc) is 2.88. The number of carbonyl (C=O) groups excluding carboxylic acids is 1. The number of carbonyl (C=O) groups is 1. The van der Waals surface area contributed by atoms with E-state index in [0.717, 1.165) is 16.3 Å². The average molecular weight is 304 g/mol. The molecule has 2 aromatic rings. The van der Waals surface area contributed by atoms with Crippen molar-refractivity contribution in [3.05, 3.63) is 40.4 Å². The van der Waals surface area contributed by atoms with Crippen molar-refractivity contribution in [2.45, 2.75) is 33.2 Å². The summed E-state index contributed by atoms with van der Waals surface area (Å²) in [7, 11) is 0. The van der Waals surface area contributed by atoms with Crippen molar-refractivity contribution >= 4 is 17.3 Å². The summed E-state index contributed by atoms with van der Waals surface area (Å²) in [6, 6.07) is 5.76. The topological polar surface area (TPSA) is 65.2 Å². The third kappa shape index (κ3) is 3.68. The Balaban J connectivity index is 2.20. The minimum absolute atomic E-state index is 0.157. The van der Waals surface area contributed by atoms with Crippen molar-refractivity contribution in [2.75, 3.05) is 6.61 Å². The Bertz CT molecular complexity index is 617. The highest BCUT2D eigenvalue weighted by Gasteiger charge is 2.17. The molecule has 2 N–H and O–H groups in total. The third-order valence-corrected chi connectivity index (χ3v) is 4.17. The fraction of sp³-hybridized carbons (Fsp3) is 0.375. The lowest BCUT2D eigenvalue weighted by Crippen LogP contribution is -2.17. The van der Waals surface area contributed by atoms with Crippen LogP contribution in [0.5, 0.6) is 0 Å². The number of rotatable bonds is 5. The van der Waals surface area contributed by atoms with Crippen LogP contribution >= 0.6 is 11.3 Å². The SMILES string of the molecule is CCOC(=O)C[C@@H](N)c1csc(-c2c(C)cccc2C)n1. The van der Waals surface area contributed by atoms with Crippen molar-refractivity contribution in [3.63, 3.8) is 0 Å². The van der Waals surface area contributed by atoms with Crippen molar-refractivity contribution in [3.8, 4) is 10.6 Å². The smallest absolute Gasteiger partial charge is 0.307 e. The van der Waals surface area contributed by atoms with Crippen LogP contribution in [0.4, 0.5) is 0 Å². The Labute approximate surface area is 129 Å². The van der Waals surface area contributed by atoms with Gasteiger partial charge in [-0.1, -0.05) is 18.2 Å². The molecule has 0 saturated heterocycles. The quantitative estimate of drug-likeness (QED) is 0.860. The number of benzene rings is 1. The highest BCUT2D eigenvalue weighted by atomic mass is 32.1. The van der Waals surface area contributed by atoms with E-state index < -0.39 is 6.04 Å². The number of nitrogens with two attached hydrogens (primary N) is 1. The lowest BCUT2D eigenvalue weighted by molar-refractivity contribution is -0.143. The molecule has 0 aliphatic carbocycles. The van der Waals surface area contributed by atoms with Crippen LogP contribution in [0.2, 0.25) is 0 Å². The molecule has 21 heavy (non-hydrogen) atoms. The van der Waals surface area contributed by atoms with Gasteiger partial charge in [-0.05, 0) is 31.9 Å². The van der Waals surface area contributed by atoms with Crippen LogP contribution in [0, 0.1) is 13.8 Å². The van der Waals surface area contributed by atoms with Crippen LogP contribution in [-0.4, -0.2) is 17.6 Å². The van der Waals surface area contributed by atoms with Gasteiger partial charge >= 0.3 is 5.97 Å². The second kappa shape index (κ2) is 6.83. The summed E-state index contributed by atoms with van der Waals surface area (Å²) in [4.78, 5) is 16.1. The van der Waals surface area contributed by atoms with Crippen molar-refractivity contribution < 1.29 is 9.53 Å². The predicted octanol–water partition coefficient (Wildman–Crippen LogP) is 3.38. The molecule has 1 aromatic heterocycles. The van der Waals surface area contributed by atoms with Crippen LogP contribution < -0.4 is 5.73 Å². The van der Waals surface area contributed by atoms with E-state index in [1.54, 1.807) is 18.3 Å². The van der Waals surface area contributed by atoms with Crippen LogP contribution in [0.25, 0.3) is 10.6 Å². The summed E-state index contributed by atoms with van der Waals surface area (Å²) < 4.78 is 4.92. The molecule has 112 valence electrons. The highest BCUT2D eigenvalue weighted by Crippen LogP contribution is 2.31. The lowest BCUT2D eigenvalue weighted by Gasteiger charge is -2.08. The van der Waals surface area contributed by atoms with E-state index in [9.17, 15) is 4.79 Å². The Morgan fingerprint density at radius 2 is 2.05 bits per heavy atom. The van der Waals surface area contributed by atoms with E-state index in [-0.39, 0.29) is 12.4 Å². The first kappa shape index (κ1) is 15.7. The number of hydrogen-bond acceptors (Lipinski definition) is 5. The van der Waals surface area contributed by atoms with Gasteiger partial charge in [0.2, 0.25) is 0 Å². The number of nitrogens with zero attached hydrogens (tertiary/aromatic N) is 1. The van der Waals surface area contributed by atoms with Gasteiger partial charge in [0, 0.05) is 10.9 Å². The zero-order valence-corrected chi connectivity index (χ0v) is 13.4. The number of thiazole rings is 1. The fourth-order valence-electron chi connectivity index (χ4n) is 2.23. The van der Waals surface area contributed by atoms with E-state index >= 15 is 0 Å². The number of esters is 1. The largest absolute Gasteiger partial charge is 0.466 e. The summed E-state index contributed by atoms with van der Waals surface area (Å²) in [5.74, 6) is -0.286. The van der Waals surface area contributed by atoms with Gasteiger partial charge in [-0.25, -0.2) is 4.98 Å². The van der Waals surface area contributed by atoms with Gasteiger partial charge in [0.1, 0.15) is 5.01 Å². The van der Waals surface area contributed by atoms with Gasteiger partial charge in [0.05, 0.1) is 24.8 Å². The molecule has 0 spiro atoms. The minimum atomic E-state index is -0.418. The third-order valence-electron chi connectivity index (χ3n) is 3.29. The Kier molecular flexibility index (Phi) is 5.09. The zero-order valence-electron chi connectivity index (χ0n) is 12.6. The molecule has 5 heteroatoms. The summed E-state index contributed by atoms with van der Waals surface area (Å²) in [6.45, 7) is 6.30. The van der Waals surface area contributed by atoms with Crippen LogP contribution in [0.15, 0.2) is 23.6 Å². The van der Waals surface area contributed by atoms with Gasteiger partial charge < -0.3 is 10.5 Å². The predicted molar refractivity (Wildman–Crippen MR) is 85.2 cm³/mol. The molecule has 0 fully saturated rings. The molecular formula is C16H20N2O2S.